The number of amides is 1. The van der Waals surface area contributed by atoms with Crippen LogP contribution in [0.5, 0.6) is 0 Å². The van der Waals surface area contributed by atoms with Crippen molar-refractivity contribution in [1.82, 2.24) is 34.9 Å². The highest BCUT2D eigenvalue weighted by molar-refractivity contribution is 5.76. The molecule has 0 spiro atoms. The Hall–Kier alpha value is -3.82. The average molecular weight is 406 g/mol. The summed E-state index contributed by atoms with van der Waals surface area (Å²) in [5, 5.41) is 19.6. The van der Waals surface area contributed by atoms with Crippen molar-refractivity contribution < 1.29 is 9.18 Å². The molecule has 0 radical (unpaired) electrons. The van der Waals surface area contributed by atoms with Crippen molar-refractivity contribution in [3.63, 3.8) is 0 Å². The first-order valence-electron chi connectivity index (χ1n) is 9.64. The monoisotopic (exact) mass is 406 g/mol. The van der Waals surface area contributed by atoms with Crippen LogP contribution in [0.3, 0.4) is 0 Å². The fourth-order valence-corrected chi connectivity index (χ4v) is 3.64. The molecule has 3 aromatic heterocycles. The van der Waals surface area contributed by atoms with Gasteiger partial charge in [-0.05, 0) is 36.2 Å². The molecule has 1 aliphatic heterocycles. The number of rotatable bonds is 5. The fraction of sp³-hybridized carbons (Fsp3) is 0.250. The minimum absolute atomic E-state index is 0.0445. The lowest BCUT2D eigenvalue weighted by molar-refractivity contribution is -0.122. The Morgan fingerprint density at radius 2 is 2.03 bits per heavy atom. The van der Waals surface area contributed by atoms with Crippen molar-refractivity contribution in [2.45, 2.75) is 19.0 Å². The molecule has 1 aromatic carbocycles. The molecule has 5 rings (SSSR count). The van der Waals surface area contributed by atoms with E-state index in [9.17, 15) is 9.18 Å². The van der Waals surface area contributed by atoms with E-state index in [-0.39, 0.29) is 24.3 Å². The lowest BCUT2D eigenvalue weighted by Gasteiger charge is -2.17. The number of nitrogens with one attached hydrogen (secondary N) is 1. The number of fused-ring (bicyclic) bond motifs is 1. The van der Waals surface area contributed by atoms with E-state index in [0.29, 0.717) is 12.2 Å². The van der Waals surface area contributed by atoms with E-state index in [1.54, 1.807) is 40.1 Å². The quantitative estimate of drug-likeness (QED) is 0.540. The molecule has 152 valence electrons. The van der Waals surface area contributed by atoms with E-state index < -0.39 is 0 Å². The van der Waals surface area contributed by atoms with Crippen LogP contribution in [-0.4, -0.2) is 54.6 Å². The van der Waals surface area contributed by atoms with Crippen LogP contribution in [0.1, 0.15) is 6.42 Å². The molecule has 1 N–H and O–H groups in total. The van der Waals surface area contributed by atoms with Crippen LogP contribution in [0, 0.1) is 5.82 Å². The third-order valence-electron chi connectivity index (χ3n) is 5.14. The number of hydrogen-bond donors (Lipinski definition) is 1. The van der Waals surface area contributed by atoms with Gasteiger partial charge in [0.05, 0.1) is 6.20 Å². The van der Waals surface area contributed by atoms with Gasteiger partial charge >= 0.3 is 0 Å². The smallest absolute Gasteiger partial charge is 0.242 e. The molecule has 4 aromatic rings. The van der Waals surface area contributed by atoms with Gasteiger partial charge in [0.25, 0.3) is 0 Å². The van der Waals surface area contributed by atoms with Gasteiger partial charge < -0.3 is 10.2 Å². The summed E-state index contributed by atoms with van der Waals surface area (Å²) in [6.45, 7) is 1.62. The molecule has 0 bridgehead atoms. The summed E-state index contributed by atoms with van der Waals surface area (Å²) in [6.07, 6.45) is 5.86. The van der Waals surface area contributed by atoms with Gasteiger partial charge in [0.15, 0.2) is 5.65 Å². The van der Waals surface area contributed by atoms with Crippen LogP contribution in [0.15, 0.2) is 55.1 Å². The van der Waals surface area contributed by atoms with Gasteiger partial charge in [0.2, 0.25) is 5.91 Å². The van der Waals surface area contributed by atoms with E-state index >= 15 is 0 Å². The largest absolute Gasteiger partial charge is 0.353 e. The standard InChI is InChI=1S/C20H19FN8O/c21-16-3-1-14(2-4-16)15-9-23-28(10-15)12-20(30)24-17-7-8-27(11-17)19-6-5-18-25-22-13-29(18)26-19/h1-6,9-10,13,17H,7-8,11-12H2,(H,24,30). The highest BCUT2D eigenvalue weighted by Gasteiger charge is 2.25. The summed E-state index contributed by atoms with van der Waals surface area (Å²) in [6, 6.07) is 10.0. The lowest BCUT2D eigenvalue weighted by atomic mass is 10.1. The van der Waals surface area contributed by atoms with Crippen molar-refractivity contribution in [2.24, 2.45) is 0 Å². The molecule has 1 unspecified atom stereocenters. The molecule has 4 heterocycles. The maximum Gasteiger partial charge on any atom is 0.242 e. The Morgan fingerprint density at radius 1 is 1.17 bits per heavy atom. The van der Waals surface area contributed by atoms with Gasteiger partial charge in [0, 0.05) is 30.9 Å². The van der Waals surface area contributed by atoms with Gasteiger partial charge in [-0.25, -0.2) is 4.39 Å². The third-order valence-corrected chi connectivity index (χ3v) is 5.14. The summed E-state index contributed by atoms with van der Waals surface area (Å²) in [7, 11) is 0. The number of halogens is 1. The Labute approximate surface area is 171 Å². The normalized spacial score (nSPS) is 16.3. The second-order valence-corrected chi connectivity index (χ2v) is 7.26. The van der Waals surface area contributed by atoms with Crippen molar-refractivity contribution in [3.8, 4) is 11.1 Å². The molecule has 1 fully saturated rings. The molecular weight excluding hydrogens is 387 g/mol. The van der Waals surface area contributed by atoms with Crippen LogP contribution in [0.25, 0.3) is 16.8 Å². The van der Waals surface area contributed by atoms with Crippen LogP contribution in [0.2, 0.25) is 0 Å². The second kappa shape index (κ2) is 7.54. The van der Waals surface area contributed by atoms with Crippen molar-refractivity contribution in [2.75, 3.05) is 18.0 Å². The van der Waals surface area contributed by atoms with Gasteiger partial charge in [-0.2, -0.15) is 9.61 Å². The SMILES string of the molecule is O=C(Cn1cc(-c2ccc(F)cc2)cn1)NC1CCN(c2ccc3nncn3n2)C1. The van der Waals surface area contributed by atoms with Gasteiger partial charge in [-0.15, -0.1) is 15.3 Å². The Bertz CT molecular complexity index is 1180. The number of carbonyl (C=O) groups excluding carboxylic acids is 1. The zero-order chi connectivity index (χ0) is 20.5. The first-order valence-corrected chi connectivity index (χ1v) is 9.64. The van der Waals surface area contributed by atoms with Crippen LogP contribution < -0.4 is 10.2 Å². The van der Waals surface area contributed by atoms with E-state index in [1.807, 2.05) is 12.1 Å². The number of carbonyl (C=O) groups is 1. The molecule has 1 amide bonds. The highest BCUT2D eigenvalue weighted by Crippen LogP contribution is 2.20. The second-order valence-electron chi connectivity index (χ2n) is 7.26. The summed E-state index contributed by atoms with van der Waals surface area (Å²) >= 11 is 0. The van der Waals surface area contributed by atoms with Gasteiger partial charge in [-0.1, -0.05) is 12.1 Å². The number of anilines is 1. The molecule has 1 atom stereocenters. The minimum atomic E-state index is -0.284. The zero-order valence-corrected chi connectivity index (χ0v) is 16.0. The van der Waals surface area contributed by atoms with Crippen LogP contribution in [0.4, 0.5) is 10.2 Å². The summed E-state index contributed by atoms with van der Waals surface area (Å²) in [5.74, 6) is 0.445. The number of hydrogen-bond acceptors (Lipinski definition) is 6. The fourth-order valence-electron chi connectivity index (χ4n) is 3.64. The topological polar surface area (TPSA) is 93.2 Å². The van der Waals surface area contributed by atoms with Crippen molar-refractivity contribution in [1.29, 1.82) is 0 Å². The first-order chi connectivity index (χ1) is 14.6. The predicted molar refractivity (Wildman–Crippen MR) is 107 cm³/mol. The molecular formula is C20H19FN8O. The summed E-state index contributed by atoms with van der Waals surface area (Å²) in [5.41, 5.74) is 2.39. The number of nitrogens with zero attached hydrogens (tertiary/aromatic N) is 7. The Kier molecular flexibility index (Phi) is 4.58. The molecule has 0 aliphatic carbocycles. The third kappa shape index (κ3) is 3.71. The molecule has 0 saturated carbocycles. The molecule has 9 nitrogen and oxygen atoms in total. The predicted octanol–water partition coefficient (Wildman–Crippen LogP) is 1.52. The van der Waals surface area contributed by atoms with Gasteiger partial charge in [-0.3, -0.25) is 9.48 Å². The molecule has 1 aliphatic rings. The van der Waals surface area contributed by atoms with E-state index in [4.69, 9.17) is 0 Å². The van der Waals surface area contributed by atoms with Crippen molar-refractivity contribution >= 4 is 17.4 Å². The molecule has 10 heteroatoms. The average Bonchev–Trinajstić information content (AvgIpc) is 3.48. The minimum Gasteiger partial charge on any atom is -0.353 e. The maximum absolute atomic E-state index is 13.1. The Morgan fingerprint density at radius 3 is 2.90 bits per heavy atom. The summed E-state index contributed by atoms with van der Waals surface area (Å²) < 4.78 is 16.3. The van der Waals surface area contributed by atoms with E-state index in [1.165, 1.54) is 12.1 Å². The lowest BCUT2D eigenvalue weighted by Crippen LogP contribution is -2.39. The van der Waals surface area contributed by atoms with Crippen LogP contribution in [-0.2, 0) is 11.3 Å². The number of benzene rings is 1. The summed E-state index contributed by atoms with van der Waals surface area (Å²) in [4.78, 5) is 14.6. The van der Waals surface area contributed by atoms with E-state index in [2.05, 4.69) is 30.6 Å². The molecule has 1 saturated heterocycles. The van der Waals surface area contributed by atoms with Crippen molar-refractivity contribution in [3.05, 3.63) is 60.9 Å². The number of aromatic nitrogens is 6. The van der Waals surface area contributed by atoms with E-state index in [0.717, 1.165) is 29.9 Å². The zero-order valence-electron chi connectivity index (χ0n) is 16.0. The van der Waals surface area contributed by atoms with Gasteiger partial charge in [0.1, 0.15) is 24.5 Å². The Balaban J connectivity index is 1.18. The molecule has 30 heavy (non-hydrogen) atoms. The van der Waals surface area contributed by atoms with Crippen LogP contribution >= 0.6 is 0 Å². The highest BCUT2D eigenvalue weighted by atomic mass is 19.1. The maximum atomic E-state index is 13.1. The first kappa shape index (κ1) is 18.2.